The molecule has 0 aliphatic carbocycles. The Kier molecular flexibility index (Phi) is 3.70. The minimum atomic E-state index is -0.478. The summed E-state index contributed by atoms with van der Waals surface area (Å²) in [5, 5.41) is 10.2. The van der Waals surface area contributed by atoms with Crippen LogP contribution in [0.5, 0.6) is 0 Å². The van der Waals surface area contributed by atoms with Gasteiger partial charge in [-0.1, -0.05) is 0 Å². The van der Waals surface area contributed by atoms with Gasteiger partial charge in [0, 0.05) is 0 Å². The molecule has 1 aromatic rings. The molecule has 0 spiro atoms. The van der Waals surface area contributed by atoms with Crippen molar-refractivity contribution in [3.05, 3.63) is 14.1 Å². The van der Waals surface area contributed by atoms with Crippen LogP contribution in [-0.2, 0) is 0 Å². The van der Waals surface area contributed by atoms with Crippen molar-refractivity contribution in [2.24, 2.45) is 5.73 Å². The Balaban J connectivity index is 2.60. The molecule has 5 heteroatoms. The fourth-order valence-electron chi connectivity index (χ4n) is 0.702. The average molecular weight is 284 g/mol. The molecular weight excluding hydrogens is 275 g/mol. The quantitative estimate of drug-likeness (QED) is 0.818. The lowest BCUT2D eigenvalue weighted by molar-refractivity contribution is 0.170. The molecule has 0 aromatic carbocycles. The highest BCUT2D eigenvalue weighted by atomic mass is 127. The summed E-state index contributed by atoms with van der Waals surface area (Å²) >= 11 is 3.68. The van der Waals surface area contributed by atoms with E-state index >= 15 is 0 Å². The number of aliphatic hydroxyl groups is 1. The monoisotopic (exact) mass is 284 g/mol. The number of aliphatic hydroxyl groups excluding tert-OH is 1. The molecule has 0 bridgehead atoms. The van der Waals surface area contributed by atoms with Gasteiger partial charge in [-0.05, 0) is 35.6 Å². The highest BCUT2D eigenvalue weighted by Crippen LogP contribution is 2.22. The molecule has 0 radical (unpaired) electrons. The maximum Gasteiger partial charge on any atom is 0.122 e. The number of nitrogens with two attached hydrogens (primary N) is 1. The third-order valence-electron chi connectivity index (χ3n) is 1.22. The molecule has 0 saturated heterocycles. The third-order valence-corrected chi connectivity index (χ3v) is 3.05. The highest BCUT2D eigenvalue weighted by Gasteiger charge is 2.09. The lowest BCUT2D eigenvalue weighted by atomic mass is 10.3. The predicted molar refractivity (Wildman–Crippen MR) is 53.5 cm³/mol. The summed E-state index contributed by atoms with van der Waals surface area (Å²) in [6.07, 6.45) is 1.86. The normalized spacial score (nSPS) is 13.4. The van der Waals surface area contributed by atoms with E-state index in [2.05, 4.69) is 27.6 Å². The molecule has 3 nitrogen and oxygen atoms in total. The Morgan fingerprint density at radius 3 is 3.00 bits per heavy atom. The van der Waals surface area contributed by atoms with E-state index in [4.69, 9.17) is 5.73 Å². The fraction of sp³-hybridized carbons (Fsp3) is 0.500. The van der Waals surface area contributed by atoms with Crippen LogP contribution in [0.15, 0.2) is 6.20 Å². The lowest BCUT2D eigenvalue weighted by Gasteiger charge is -2.02. The number of nitrogens with zero attached hydrogens (tertiary/aromatic N) is 1. The first-order valence-electron chi connectivity index (χ1n) is 3.23. The fourth-order valence-corrected chi connectivity index (χ4v) is 2.18. The van der Waals surface area contributed by atoms with Crippen LogP contribution in [0.25, 0.3) is 0 Å². The van der Waals surface area contributed by atoms with Gasteiger partial charge < -0.3 is 10.8 Å². The third kappa shape index (κ3) is 2.66. The van der Waals surface area contributed by atoms with Gasteiger partial charge in [-0.15, -0.1) is 11.3 Å². The summed E-state index contributed by atoms with van der Waals surface area (Å²) in [5.41, 5.74) is 5.29. The van der Waals surface area contributed by atoms with Gasteiger partial charge in [-0.2, -0.15) is 0 Å². The Bertz CT molecular complexity index is 228. The molecule has 0 fully saturated rings. The molecule has 1 heterocycles. The second kappa shape index (κ2) is 4.34. The molecular formula is C6H9IN2OS. The van der Waals surface area contributed by atoms with E-state index in [0.29, 0.717) is 13.0 Å². The Morgan fingerprint density at radius 2 is 2.55 bits per heavy atom. The molecule has 0 amide bonds. The van der Waals surface area contributed by atoms with Crippen molar-refractivity contribution in [2.45, 2.75) is 12.5 Å². The summed E-state index contributed by atoms with van der Waals surface area (Å²) in [6, 6.07) is 0. The molecule has 0 saturated carbocycles. The first kappa shape index (κ1) is 9.37. The second-order valence-electron chi connectivity index (χ2n) is 2.10. The summed E-state index contributed by atoms with van der Waals surface area (Å²) < 4.78 is 1.09. The number of thiazole rings is 1. The van der Waals surface area contributed by atoms with E-state index in [1.165, 1.54) is 11.3 Å². The van der Waals surface area contributed by atoms with Crippen molar-refractivity contribution in [3.8, 4) is 0 Å². The van der Waals surface area contributed by atoms with Crippen LogP contribution in [0.4, 0.5) is 0 Å². The molecule has 1 rings (SSSR count). The molecule has 1 atom stereocenters. The Labute approximate surface area is 82.8 Å². The minimum absolute atomic E-state index is 0.478. The smallest absolute Gasteiger partial charge is 0.122 e. The molecule has 1 aromatic heterocycles. The zero-order chi connectivity index (χ0) is 8.27. The molecule has 3 N–H and O–H groups in total. The lowest BCUT2D eigenvalue weighted by Crippen LogP contribution is -2.06. The minimum Gasteiger partial charge on any atom is -0.386 e. The van der Waals surface area contributed by atoms with Crippen LogP contribution < -0.4 is 5.73 Å². The van der Waals surface area contributed by atoms with Crippen LogP contribution >= 0.6 is 33.9 Å². The Morgan fingerprint density at radius 1 is 1.82 bits per heavy atom. The van der Waals surface area contributed by atoms with Crippen molar-refractivity contribution in [2.75, 3.05) is 6.54 Å². The van der Waals surface area contributed by atoms with Crippen LogP contribution in [0, 0.1) is 2.88 Å². The molecule has 11 heavy (non-hydrogen) atoms. The van der Waals surface area contributed by atoms with E-state index in [1.54, 1.807) is 6.20 Å². The topological polar surface area (TPSA) is 59.1 Å². The predicted octanol–water partition coefficient (Wildman–Crippen LogP) is 1.13. The summed E-state index contributed by atoms with van der Waals surface area (Å²) in [5.74, 6) is 0. The molecule has 62 valence electrons. The van der Waals surface area contributed by atoms with Gasteiger partial charge in [-0.25, -0.2) is 4.98 Å². The highest BCUT2D eigenvalue weighted by molar-refractivity contribution is 14.1. The van der Waals surface area contributed by atoms with Gasteiger partial charge in [-0.3, -0.25) is 0 Å². The largest absolute Gasteiger partial charge is 0.386 e. The summed E-state index contributed by atoms with van der Waals surface area (Å²) in [7, 11) is 0. The molecule has 1 unspecified atom stereocenters. The zero-order valence-electron chi connectivity index (χ0n) is 5.83. The van der Waals surface area contributed by atoms with Crippen LogP contribution in [0.1, 0.15) is 17.5 Å². The van der Waals surface area contributed by atoms with Gasteiger partial charge in [0.15, 0.2) is 0 Å². The van der Waals surface area contributed by atoms with E-state index in [9.17, 15) is 5.11 Å². The van der Waals surface area contributed by atoms with Gasteiger partial charge in [0.25, 0.3) is 0 Å². The average Bonchev–Trinajstić information content (AvgIpc) is 2.36. The maximum atomic E-state index is 9.40. The van der Waals surface area contributed by atoms with E-state index in [0.717, 1.165) is 7.89 Å². The van der Waals surface area contributed by atoms with Crippen molar-refractivity contribution in [1.29, 1.82) is 0 Å². The maximum absolute atomic E-state index is 9.40. The number of hydrogen-bond donors (Lipinski definition) is 2. The van der Waals surface area contributed by atoms with Crippen LogP contribution in [0.2, 0.25) is 0 Å². The standard InChI is InChI=1S/C6H9IN2OS/c7-5-3-9-6(11-5)4(10)1-2-8/h3-4,10H,1-2,8H2. The van der Waals surface area contributed by atoms with Gasteiger partial charge in [0.2, 0.25) is 0 Å². The second-order valence-corrected chi connectivity index (χ2v) is 5.05. The van der Waals surface area contributed by atoms with Crippen molar-refractivity contribution in [1.82, 2.24) is 4.98 Å². The van der Waals surface area contributed by atoms with Crippen LogP contribution in [0.3, 0.4) is 0 Å². The first-order chi connectivity index (χ1) is 5.24. The van der Waals surface area contributed by atoms with E-state index in [-0.39, 0.29) is 0 Å². The molecule has 0 aliphatic heterocycles. The number of halogens is 1. The van der Waals surface area contributed by atoms with E-state index in [1.807, 2.05) is 0 Å². The van der Waals surface area contributed by atoms with Crippen molar-refractivity contribution >= 4 is 33.9 Å². The number of aromatic nitrogens is 1. The summed E-state index contributed by atoms with van der Waals surface area (Å²) in [6.45, 7) is 0.497. The Hall–Kier alpha value is 0.280. The van der Waals surface area contributed by atoms with Gasteiger partial charge in [0.1, 0.15) is 11.1 Å². The van der Waals surface area contributed by atoms with Gasteiger partial charge >= 0.3 is 0 Å². The number of hydrogen-bond acceptors (Lipinski definition) is 4. The van der Waals surface area contributed by atoms with Crippen LogP contribution in [-0.4, -0.2) is 16.6 Å². The van der Waals surface area contributed by atoms with Crippen molar-refractivity contribution in [3.63, 3.8) is 0 Å². The van der Waals surface area contributed by atoms with Gasteiger partial charge in [0.05, 0.1) is 9.08 Å². The molecule has 0 aliphatic rings. The zero-order valence-corrected chi connectivity index (χ0v) is 8.80. The summed E-state index contributed by atoms with van der Waals surface area (Å²) in [4.78, 5) is 4.04. The number of rotatable bonds is 3. The SMILES string of the molecule is NCCC(O)c1ncc(I)s1. The van der Waals surface area contributed by atoms with E-state index < -0.39 is 6.10 Å². The van der Waals surface area contributed by atoms with Crippen molar-refractivity contribution < 1.29 is 5.11 Å². The first-order valence-corrected chi connectivity index (χ1v) is 5.13.